The van der Waals surface area contributed by atoms with Crippen LogP contribution in [0.4, 0.5) is 0 Å². The molecule has 2 N–H and O–H groups in total. The summed E-state index contributed by atoms with van der Waals surface area (Å²) < 4.78 is 50.0. The third-order valence-corrected chi connectivity index (χ3v) is 5.75. The van der Waals surface area contributed by atoms with Crippen molar-refractivity contribution >= 4 is 27.6 Å². The van der Waals surface area contributed by atoms with Gasteiger partial charge < -0.3 is 10.2 Å². The molecule has 0 radical (unpaired) electrons. The van der Waals surface area contributed by atoms with E-state index in [0.717, 1.165) is 0 Å². The van der Waals surface area contributed by atoms with Crippen LogP contribution in [-0.2, 0) is 45.9 Å². The van der Waals surface area contributed by atoms with Crippen molar-refractivity contribution in [3.05, 3.63) is 0 Å². The van der Waals surface area contributed by atoms with Gasteiger partial charge >= 0.3 is 44.9 Å². The van der Waals surface area contributed by atoms with E-state index in [1.165, 1.54) is 0 Å². The molecule has 0 atom stereocenters. The largest absolute Gasteiger partial charge is 0.488 e. The fraction of sp³-hybridized carbons (Fsp3) is 0.600. The molecule has 19 heavy (non-hydrogen) atoms. The molecule has 0 amide bonds. The van der Waals surface area contributed by atoms with Crippen LogP contribution in [0.25, 0.3) is 0 Å². The lowest BCUT2D eigenvalue weighted by Crippen LogP contribution is -2.81. The zero-order valence-corrected chi connectivity index (χ0v) is 10.2. The smallest absolute Gasteiger partial charge is 0.478 e. The minimum atomic E-state index is -4.36. The van der Waals surface area contributed by atoms with Gasteiger partial charge in [0, 0.05) is 0 Å². The lowest BCUT2D eigenvalue weighted by Gasteiger charge is -2.62. The molecule has 0 aromatic carbocycles. The highest BCUT2D eigenvalue weighted by molar-refractivity contribution is 7.52. The van der Waals surface area contributed by atoms with Gasteiger partial charge in [-0.15, -0.1) is 0 Å². The van der Waals surface area contributed by atoms with Gasteiger partial charge in [-0.2, -0.15) is 0 Å². The van der Waals surface area contributed by atoms with Crippen molar-refractivity contribution in [2.45, 2.75) is 17.4 Å². The summed E-state index contributed by atoms with van der Waals surface area (Å²) in [6.45, 7) is 0. The van der Waals surface area contributed by atoms with E-state index in [1.807, 2.05) is 0 Å². The Morgan fingerprint density at radius 1 is 0.789 bits per heavy atom. The van der Waals surface area contributed by atoms with Crippen molar-refractivity contribution in [3.63, 3.8) is 0 Å². The van der Waals surface area contributed by atoms with E-state index < -0.39 is 44.9 Å². The summed E-state index contributed by atoms with van der Waals surface area (Å²) in [5.74, 6) is -9.42. The van der Waals surface area contributed by atoms with Gasteiger partial charge in [0.2, 0.25) is 0 Å². The maximum Gasteiger partial charge on any atom is 0.488 e. The zero-order chi connectivity index (χ0) is 13.9. The third-order valence-electron chi connectivity index (χ3n) is 2.89. The minimum absolute atomic E-state index is 2.07. The molecule has 6 fully saturated rings. The van der Waals surface area contributed by atoms with Crippen LogP contribution in [0.3, 0.4) is 0 Å². The Hall–Kier alpha value is -0.840. The standard InChI is InChI=1S/C5H2O12P2/c6-1(7)3(2(8)9)4(13-18(10,12-3)14-4)5-15-19(11,16-5)17-5/h(H,6,7)(H,8,9). The second kappa shape index (κ2) is 2.65. The van der Waals surface area contributed by atoms with Crippen LogP contribution in [0.2, 0.25) is 0 Å². The highest BCUT2D eigenvalue weighted by Crippen LogP contribution is 2.91. The molecule has 6 rings (SSSR count). The van der Waals surface area contributed by atoms with Crippen LogP contribution in [0.15, 0.2) is 0 Å². The average molecular weight is 316 g/mol. The van der Waals surface area contributed by atoms with E-state index in [1.54, 1.807) is 0 Å². The number of carboxylic acids is 2. The second-order valence-electron chi connectivity index (χ2n) is 3.91. The number of hydrogen-bond acceptors (Lipinski definition) is 10. The number of hydrogen-bond donors (Lipinski definition) is 2. The maximum absolute atomic E-state index is 11.6. The zero-order valence-electron chi connectivity index (χ0n) is 8.37. The number of fused-ring (bicyclic) bond motifs is 1. The summed E-state index contributed by atoms with van der Waals surface area (Å²) in [5.41, 5.74) is -3.23. The molecule has 0 unspecified atom stereocenters. The summed E-state index contributed by atoms with van der Waals surface area (Å²) in [7, 11) is -8.15. The van der Waals surface area contributed by atoms with Crippen LogP contribution < -0.4 is 0 Å². The lowest BCUT2D eigenvalue weighted by atomic mass is 9.91. The molecule has 6 aliphatic rings. The molecule has 0 aliphatic carbocycles. The van der Waals surface area contributed by atoms with Gasteiger partial charge in [0.25, 0.3) is 0 Å². The molecular weight excluding hydrogens is 314 g/mol. The van der Waals surface area contributed by atoms with Crippen molar-refractivity contribution in [1.29, 1.82) is 0 Å². The number of phosphoric ester groups is 2. The Morgan fingerprint density at radius 2 is 1.21 bits per heavy atom. The van der Waals surface area contributed by atoms with Crippen molar-refractivity contribution in [3.8, 4) is 0 Å². The summed E-state index contributed by atoms with van der Waals surface area (Å²) >= 11 is 0. The lowest BCUT2D eigenvalue weighted by molar-refractivity contribution is -0.527. The minimum Gasteiger partial charge on any atom is -0.478 e. The molecule has 14 heteroatoms. The van der Waals surface area contributed by atoms with Gasteiger partial charge in [-0.1, -0.05) is 0 Å². The van der Waals surface area contributed by atoms with E-state index in [0.29, 0.717) is 0 Å². The van der Waals surface area contributed by atoms with Crippen LogP contribution in [0.1, 0.15) is 0 Å². The topological polar surface area (TPSA) is 164 Å². The molecule has 0 spiro atoms. The predicted molar refractivity (Wildman–Crippen MR) is 45.2 cm³/mol. The van der Waals surface area contributed by atoms with Crippen molar-refractivity contribution in [2.75, 3.05) is 0 Å². The van der Waals surface area contributed by atoms with Gasteiger partial charge in [0.1, 0.15) is 0 Å². The first-order valence-corrected chi connectivity index (χ1v) is 7.46. The normalized spacial score (nSPS) is 55.6. The summed E-state index contributed by atoms with van der Waals surface area (Å²) in [4.78, 5) is 22.4. The molecule has 104 valence electrons. The van der Waals surface area contributed by atoms with Gasteiger partial charge in [0.15, 0.2) is 0 Å². The fourth-order valence-corrected chi connectivity index (χ4v) is 5.23. The monoisotopic (exact) mass is 316 g/mol. The van der Waals surface area contributed by atoms with E-state index in [-0.39, 0.29) is 0 Å². The Morgan fingerprint density at radius 3 is 1.58 bits per heavy atom. The molecule has 6 saturated heterocycles. The average Bonchev–Trinajstić information content (AvgIpc) is 2.57. The SMILES string of the molecule is O=C(O)C1(C(=O)O)OP2(=O)OC1(C13OP(=O)(O1)O3)O2. The highest BCUT2D eigenvalue weighted by Gasteiger charge is 3.02. The van der Waals surface area contributed by atoms with Gasteiger partial charge in [-0.05, 0) is 0 Å². The molecular formula is C5H2O12P2. The first-order chi connectivity index (χ1) is 8.63. The molecule has 0 aromatic rings. The Balaban J connectivity index is 1.88. The van der Waals surface area contributed by atoms with Crippen LogP contribution >= 0.6 is 15.6 Å². The van der Waals surface area contributed by atoms with E-state index in [2.05, 4.69) is 27.1 Å². The van der Waals surface area contributed by atoms with Crippen LogP contribution in [-0.4, -0.2) is 39.5 Å². The molecule has 6 heterocycles. The van der Waals surface area contributed by atoms with Crippen molar-refractivity contribution in [1.82, 2.24) is 0 Å². The molecule has 6 aliphatic heterocycles. The quantitative estimate of drug-likeness (QED) is 0.512. The van der Waals surface area contributed by atoms with Gasteiger partial charge in [-0.25, -0.2) is 41.3 Å². The number of rotatable bonds is 3. The van der Waals surface area contributed by atoms with Gasteiger partial charge in [0.05, 0.1) is 0 Å². The van der Waals surface area contributed by atoms with Crippen molar-refractivity contribution in [2.24, 2.45) is 0 Å². The van der Waals surface area contributed by atoms with Crippen LogP contribution in [0.5, 0.6) is 0 Å². The Kier molecular flexibility index (Phi) is 1.66. The summed E-state index contributed by atoms with van der Waals surface area (Å²) in [6, 6.07) is 0. The molecule has 0 aromatic heterocycles. The maximum atomic E-state index is 11.6. The summed E-state index contributed by atoms with van der Waals surface area (Å²) in [5, 5.41) is 18.1. The van der Waals surface area contributed by atoms with Crippen molar-refractivity contribution < 1.29 is 56.1 Å². The Labute approximate surface area is 102 Å². The summed E-state index contributed by atoms with van der Waals surface area (Å²) in [6.07, 6.45) is 0. The van der Waals surface area contributed by atoms with E-state index in [9.17, 15) is 18.7 Å². The predicted octanol–water partition coefficient (Wildman–Crippen LogP) is -0.385. The third kappa shape index (κ3) is 0.929. The highest BCUT2D eigenvalue weighted by atomic mass is 31.2. The number of phosphoric acid groups is 2. The number of aliphatic carboxylic acids is 2. The molecule has 12 nitrogen and oxygen atoms in total. The molecule has 4 bridgehead atoms. The van der Waals surface area contributed by atoms with Crippen LogP contribution in [0, 0.1) is 0 Å². The molecule has 0 saturated carbocycles. The Bertz CT molecular complexity index is 598. The van der Waals surface area contributed by atoms with E-state index >= 15 is 0 Å². The first kappa shape index (κ1) is 11.9. The number of carboxylic acid groups (broad SMARTS) is 2. The number of carbonyl (C=O) groups is 2. The van der Waals surface area contributed by atoms with E-state index in [4.69, 9.17) is 10.2 Å². The fourth-order valence-electron chi connectivity index (χ4n) is 2.14. The first-order valence-electron chi connectivity index (χ1n) is 4.54. The second-order valence-corrected chi connectivity index (χ2v) is 6.79. The van der Waals surface area contributed by atoms with Gasteiger partial charge in [-0.3, -0.25) is 4.52 Å².